The minimum absolute atomic E-state index is 0. The quantitative estimate of drug-likeness (QED) is 0.728. The minimum atomic E-state index is -3.45. The van der Waals surface area contributed by atoms with E-state index in [0.717, 1.165) is 38.3 Å². The maximum atomic E-state index is 12.2. The zero-order valence-electron chi connectivity index (χ0n) is 13.2. The van der Waals surface area contributed by atoms with Gasteiger partial charge in [0, 0.05) is 46.4 Å². The largest absolute Gasteiger partial charge is 0.380 e. The molecular formula is C14H25Cl2N3O3S. The number of nitrogens with one attached hydrogen (secondary N) is 2. The molecular weight excluding hydrogens is 361 g/mol. The molecule has 0 aliphatic carbocycles. The van der Waals surface area contributed by atoms with Crippen molar-refractivity contribution in [1.29, 1.82) is 0 Å². The van der Waals surface area contributed by atoms with Gasteiger partial charge in [-0.1, -0.05) is 12.1 Å². The van der Waals surface area contributed by atoms with Crippen LogP contribution in [0.2, 0.25) is 0 Å². The lowest BCUT2D eigenvalue weighted by atomic mass is 10.2. The van der Waals surface area contributed by atoms with E-state index >= 15 is 0 Å². The first-order valence-electron chi connectivity index (χ1n) is 7.12. The highest BCUT2D eigenvalue weighted by atomic mass is 35.5. The van der Waals surface area contributed by atoms with Gasteiger partial charge in [-0.15, -0.1) is 24.8 Å². The first-order valence-corrected chi connectivity index (χ1v) is 8.61. The van der Waals surface area contributed by atoms with Crippen molar-refractivity contribution in [3.8, 4) is 0 Å². The molecule has 0 radical (unpaired) electrons. The highest BCUT2D eigenvalue weighted by Crippen LogP contribution is 2.12. The Morgan fingerprint density at radius 2 is 1.96 bits per heavy atom. The van der Waals surface area contributed by atoms with Gasteiger partial charge in [-0.05, 0) is 17.7 Å². The monoisotopic (exact) mass is 385 g/mol. The summed E-state index contributed by atoms with van der Waals surface area (Å²) in [6, 6.07) is 6.84. The van der Waals surface area contributed by atoms with Crippen molar-refractivity contribution in [3.05, 3.63) is 29.8 Å². The Morgan fingerprint density at radius 1 is 1.26 bits per heavy atom. The van der Waals surface area contributed by atoms with Gasteiger partial charge in [-0.3, -0.25) is 4.90 Å². The van der Waals surface area contributed by atoms with Gasteiger partial charge in [-0.2, -0.15) is 0 Å². The number of hydrogen-bond donors (Lipinski definition) is 2. The topological polar surface area (TPSA) is 70.7 Å². The van der Waals surface area contributed by atoms with E-state index in [1.807, 2.05) is 6.07 Å². The Morgan fingerprint density at radius 3 is 2.61 bits per heavy atom. The molecule has 2 N–H and O–H groups in total. The summed E-state index contributed by atoms with van der Waals surface area (Å²) in [7, 11) is -1.86. The van der Waals surface area contributed by atoms with E-state index in [1.165, 1.54) is 0 Å². The molecule has 0 spiro atoms. The molecule has 23 heavy (non-hydrogen) atoms. The van der Waals surface area contributed by atoms with Crippen molar-refractivity contribution in [1.82, 2.24) is 14.9 Å². The first kappa shape index (κ1) is 22.6. The number of sulfonamides is 1. The number of rotatable bonds is 7. The van der Waals surface area contributed by atoms with Crippen LogP contribution in [0.3, 0.4) is 0 Å². The molecule has 1 aromatic carbocycles. The van der Waals surface area contributed by atoms with Crippen molar-refractivity contribution in [2.75, 3.05) is 46.4 Å². The molecule has 1 aliphatic heterocycles. The molecule has 6 nitrogen and oxygen atoms in total. The van der Waals surface area contributed by atoms with Crippen molar-refractivity contribution < 1.29 is 13.2 Å². The molecule has 0 saturated carbocycles. The summed E-state index contributed by atoms with van der Waals surface area (Å²) in [6.07, 6.45) is 0. The molecule has 1 saturated heterocycles. The van der Waals surface area contributed by atoms with Crippen molar-refractivity contribution in [2.24, 2.45) is 0 Å². The molecule has 1 aliphatic rings. The normalized spacial score (nSPS) is 15.5. The minimum Gasteiger partial charge on any atom is -0.380 e. The Labute approximate surface area is 150 Å². The first-order chi connectivity index (χ1) is 10.1. The van der Waals surface area contributed by atoms with Crippen LogP contribution in [0.1, 0.15) is 5.56 Å². The molecule has 1 aromatic rings. The van der Waals surface area contributed by atoms with Gasteiger partial charge in [0.25, 0.3) is 0 Å². The fourth-order valence-electron chi connectivity index (χ4n) is 2.33. The second-order valence-corrected chi connectivity index (χ2v) is 6.84. The van der Waals surface area contributed by atoms with Crippen molar-refractivity contribution in [3.63, 3.8) is 0 Å². The van der Waals surface area contributed by atoms with Crippen LogP contribution in [0, 0.1) is 0 Å². The average Bonchev–Trinajstić information content (AvgIpc) is 2.49. The van der Waals surface area contributed by atoms with Crippen molar-refractivity contribution in [2.45, 2.75) is 11.5 Å². The highest BCUT2D eigenvalue weighted by Gasteiger charge is 2.15. The summed E-state index contributed by atoms with van der Waals surface area (Å²) in [5, 5.41) is 3.27. The Balaban J connectivity index is 0.00000242. The van der Waals surface area contributed by atoms with Crippen molar-refractivity contribution >= 4 is 34.8 Å². The maximum absolute atomic E-state index is 12.2. The smallest absolute Gasteiger partial charge is 0.240 e. The zero-order valence-corrected chi connectivity index (χ0v) is 15.6. The van der Waals surface area contributed by atoms with Crippen LogP contribution in [0.4, 0.5) is 0 Å². The fourth-order valence-corrected chi connectivity index (χ4v) is 3.42. The van der Waals surface area contributed by atoms with E-state index in [9.17, 15) is 8.42 Å². The predicted octanol–water partition coefficient (Wildman–Crippen LogP) is 0.860. The fraction of sp³-hybridized carbons (Fsp3) is 0.571. The van der Waals surface area contributed by atoms with Gasteiger partial charge in [0.15, 0.2) is 0 Å². The standard InChI is InChI=1S/C14H23N3O3S.2ClH/c1-20-12-13-3-2-4-14(11-13)21(18,19)16-7-10-17-8-5-15-6-9-17;;/h2-4,11,15-16H,5-10,12H2,1H3;2*1H. The van der Waals surface area contributed by atoms with Gasteiger partial charge in [-0.25, -0.2) is 13.1 Å². The molecule has 2 rings (SSSR count). The third-order valence-electron chi connectivity index (χ3n) is 3.45. The lowest BCUT2D eigenvalue weighted by Crippen LogP contribution is -2.46. The SMILES string of the molecule is COCc1cccc(S(=O)(=O)NCCN2CCNCC2)c1.Cl.Cl. The molecule has 1 heterocycles. The van der Waals surface area contributed by atoms with E-state index in [2.05, 4.69) is 14.9 Å². The third kappa shape index (κ3) is 7.34. The van der Waals surface area contributed by atoms with E-state index < -0.39 is 10.0 Å². The third-order valence-corrected chi connectivity index (χ3v) is 4.91. The number of hydrogen-bond acceptors (Lipinski definition) is 5. The predicted molar refractivity (Wildman–Crippen MR) is 96.1 cm³/mol. The Bertz CT molecular complexity index is 552. The Hall–Kier alpha value is -0.410. The highest BCUT2D eigenvalue weighted by molar-refractivity contribution is 7.89. The second-order valence-electron chi connectivity index (χ2n) is 5.07. The molecule has 0 unspecified atom stereocenters. The van der Waals surface area contributed by atoms with Gasteiger partial charge in [0.1, 0.15) is 0 Å². The number of piperazine rings is 1. The van der Waals surface area contributed by atoms with Crippen LogP contribution in [-0.2, 0) is 21.4 Å². The zero-order chi connectivity index (χ0) is 15.1. The average molecular weight is 386 g/mol. The summed E-state index contributed by atoms with van der Waals surface area (Å²) >= 11 is 0. The van der Waals surface area contributed by atoms with Gasteiger partial charge >= 0.3 is 0 Å². The summed E-state index contributed by atoms with van der Waals surface area (Å²) in [4.78, 5) is 2.54. The molecule has 0 amide bonds. The number of methoxy groups -OCH3 is 1. The molecule has 0 atom stereocenters. The number of nitrogens with zero attached hydrogens (tertiary/aromatic N) is 1. The molecule has 1 fully saturated rings. The van der Waals surface area contributed by atoms with Crippen LogP contribution in [0.5, 0.6) is 0 Å². The number of halogens is 2. The van der Waals surface area contributed by atoms with Gasteiger partial charge < -0.3 is 10.1 Å². The number of benzene rings is 1. The molecule has 0 bridgehead atoms. The van der Waals surface area contributed by atoms with Crippen LogP contribution in [0.15, 0.2) is 29.2 Å². The molecule has 9 heteroatoms. The second kappa shape index (κ2) is 11.2. The number of ether oxygens (including phenoxy) is 1. The maximum Gasteiger partial charge on any atom is 0.240 e. The van der Waals surface area contributed by atoms with E-state index in [0.29, 0.717) is 13.2 Å². The summed E-state index contributed by atoms with van der Waals surface area (Å²) in [5.41, 5.74) is 0.850. The van der Waals surface area contributed by atoms with Crippen LogP contribution >= 0.6 is 24.8 Å². The van der Waals surface area contributed by atoms with Crippen LogP contribution in [0.25, 0.3) is 0 Å². The van der Waals surface area contributed by atoms with Gasteiger partial charge in [0.2, 0.25) is 10.0 Å². The summed E-state index contributed by atoms with van der Waals surface area (Å²) < 4.78 is 32.2. The molecule has 134 valence electrons. The molecule has 0 aromatic heterocycles. The van der Waals surface area contributed by atoms with Gasteiger partial charge in [0.05, 0.1) is 11.5 Å². The van der Waals surface area contributed by atoms with E-state index in [1.54, 1.807) is 25.3 Å². The van der Waals surface area contributed by atoms with Crippen LogP contribution < -0.4 is 10.0 Å². The lowest BCUT2D eigenvalue weighted by molar-refractivity contribution is 0.184. The Kier molecular flexibility index (Phi) is 11.0. The lowest BCUT2D eigenvalue weighted by Gasteiger charge is -2.27. The van der Waals surface area contributed by atoms with E-state index in [-0.39, 0.29) is 29.7 Å². The summed E-state index contributed by atoms with van der Waals surface area (Å²) in [5.74, 6) is 0. The van der Waals surface area contributed by atoms with E-state index in [4.69, 9.17) is 4.74 Å². The summed E-state index contributed by atoms with van der Waals surface area (Å²) in [6.45, 7) is 5.42. The van der Waals surface area contributed by atoms with Crippen LogP contribution in [-0.4, -0.2) is 59.7 Å².